The number of hydrazone groups is 1. The minimum Gasteiger partial charge on any atom is -0.504 e. The maximum atomic E-state index is 13.4. The molecule has 6 heteroatoms. The Morgan fingerprint density at radius 2 is 2.05 bits per heavy atom. The molecule has 0 fully saturated rings. The topological polar surface area (TPSA) is 70.9 Å². The molecule has 1 amide bonds. The average Bonchev–Trinajstić information content (AvgIpc) is 2.49. The molecule has 0 heterocycles. The van der Waals surface area contributed by atoms with Crippen LogP contribution in [0.5, 0.6) is 11.5 Å². The highest BCUT2D eigenvalue weighted by Gasteiger charge is 2.09. The summed E-state index contributed by atoms with van der Waals surface area (Å²) in [4.78, 5) is 11.7. The standard InChI is InChI=1S/C15H13FN2O3/c1-21-13-8-4-5-10(14(13)19)9-17-18-15(20)11-6-2-3-7-12(11)16/h2-9,19H,1H3,(H,18,20)/b17-9+. The van der Waals surface area contributed by atoms with Gasteiger partial charge in [-0.05, 0) is 24.3 Å². The fourth-order valence-corrected chi connectivity index (χ4v) is 1.67. The Morgan fingerprint density at radius 1 is 1.29 bits per heavy atom. The molecule has 0 unspecified atom stereocenters. The molecule has 0 aliphatic rings. The molecule has 0 radical (unpaired) electrons. The Morgan fingerprint density at radius 3 is 2.76 bits per heavy atom. The predicted octanol–water partition coefficient (Wildman–Crippen LogP) is 2.30. The third kappa shape index (κ3) is 3.36. The highest BCUT2D eigenvalue weighted by molar-refractivity contribution is 5.95. The van der Waals surface area contributed by atoms with Gasteiger partial charge in [0.15, 0.2) is 11.5 Å². The third-order valence-corrected chi connectivity index (χ3v) is 2.74. The van der Waals surface area contributed by atoms with E-state index >= 15 is 0 Å². The van der Waals surface area contributed by atoms with Crippen LogP contribution in [0.15, 0.2) is 47.6 Å². The summed E-state index contributed by atoms with van der Waals surface area (Å²) in [6.07, 6.45) is 1.25. The van der Waals surface area contributed by atoms with Crippen LogP contribution in [-0.4, -0.2) is 24.3 Å². The van der Waals surface area contributed by atoms with Gasteiger partial charge in [0.1, 0.15) is 5.82 Å². The Bertz CT molecular complexity index is 686. The number of amides is 1. The molecule has 0 aromatic heterocycles. The van der Waals surface area contributed by atoms with Crippen LogP contribution >= 0.6 is 0 Å². The number of carbonyl (C=O) groups is 1. The zero-order valence-electron chi connectivity index (χ0n) is 11.2. The molecule has 0 aliphatic heterocycles. The van der Waals surface area contributed by atoms with Crippen LogP contribution in [0.1, 0.15) is 15.9 Å². The van der Waals surface area contributed by atoms with Gasteiger partial charge in [0, 0.05) is 5.56 Å². The Kier molecular flexibility index (Phi) is 4.50. The molecule has 0 saturated heterocycles. The molecule has 0 spiro atoms. The number of para-hydroxylation sites is 1. The minimum absolute atomic E-state index is 0.0936. The lowest BCUT2D eigenvalue weighted by Crippen LogP contribution is -2.18. The van der Waals surface area contributed by atoms with E-state index in [-0.39, 0.29) is 11.3 Å². The number of benzene rings is 2. The molecule has 0 bridgehead atoms. The van der Waals surface area contributed by atoms with Crippen molar-refractivity contribution in [3.05, 3.63) is 59.4 Å². The van der Waals surface area contributed by atoms with Gasteiger partial charge in [-0.1, -0.05) is 18.2 Å². The number of methoxy groups -OCH3 is 1. The first-order valence-electron chi connectivity index (χ1n) is 6.07. The molecule has 2 rings (SSSR count). The molecule has 5 nitrogen and oxygen atoms in total. The van der Waals surface area contributed by atoms with Crippen molar-refractivity contribution in [3.8, 4) is 11.5 Å². The molecule has 0 aliphatic carbocycles. The van der Waals surface area contributed by atoms with Crippen LogP contribution in [0.25, 0.3) is 0 Å². The van der Waals surface area contributed by atoms with Crippen molar-refractivity contribution in [1.82, 2.24) is 5.43 Å². The van der Waals surface area contributed by atoms with E-state index in [0.717, 1.165) is 0 Å². The lowest BCUT2D eigenvalue weighted by atomic mass is 10.2. The molecule has 2 aromatic carbocycles. The maximum Gasteiger partial charge on any atom is 0.274 e. The summed E-state index contributed by atoms with van der Waals surface area (Å²) in [6.45, 7) is 0. The second-order valence-electron chi connectivity index (χ2n) is 4.08. The van der Waals surface area contributed by atoms with Gasteiger partial charge in [-0.2, -0.15) is 5.10 Å². The molecule has 21 heavy (non-hydrogen) atoms. The van der Waals surface area contributed by atoms with Crippen LogP contribution < -0.4 is 10.2 Å². The van der Waals surface area contributed by atoms with E-state index < -0.39 is 11.7 Å². The Labute approximate surface area is 120 Å². The van der Waals surface area contributed by atoms with E-state index in [1.165, 1.54) is 31.5 Å². The number of phenols is 1. The average molecular weight is 288 g/mol. The Balaban J connectivity index is 2.10. The van der Waals surface area contributed by atoms with Crippen molar-refractivity contribution >= 4 is 12.1 Å². The summed E-state index contributed by atoms with van der Waals surface area (Å²) in [5, 5.41) is 13.5. The summed E-state index contributed by atoms with van der Waals surface area (Å²) < 4.78 is 18.3. The highest BCUT2D eigenvalue weighted by Crippen LogP contribution is 2.27. The third-order valence-electron chi connectivity index (χ3n) is 2.74. The van der Waals surface area contributed by atoms with Crippen LogP contribution in [0.4, 0.5) is 4.39 Å². The predicted molar refractivity (Wildman–Crippen MR) is 76.1 cm³/mol. The number of hydrogen-bond donors (Lipinski definition) is 2. The van der Waals surface area contributed by atoms with Gasteiger partial charge in [-0.3, -0.25) is 4.79 Å². The number of aromatic hydroxyl groups is 1. The van der Waals surface area contributed by atoms with Crippen molar-refractivity contribution in [2.24, 2.45) is 5.10 Å². The van der Waals surface area contributed by atoms with Gasteiger partial charge in [-0.25, -0.2) is 9.82 Å². The largest absolute Gasteiger partial charge is 0.504 e. The van der Waals surface area contributed by atoms with Crippen LogP contribution in [0.2, 0.25) is 0 Å². The fourth-order valence-electron chi connectivity index (χ4n) is 1.67. The molecular weight excluding hydrogens is 275 g/mol. The number of hydrogen-bond acceptors (Lipinski definition) is 4. The zero-order chi connectivity index (χ0) is 15.2. The number of halogens is 1. The number of phenolic OH excluding ortho intramolecular Hbond substituents is 1. The van der Waals surface area contributed by atoms with Crippen molar-refractivity contribution < 1.29 is 19.0 Å². The van der Waals surface area contributed by atoms with Gasteiger partial charge in [0.05, 0.1) is 18.9 Å². The molecule has 0 atom stereocenters. The summed E-state index contributed by atoms with van der Waals surface area (Å²) in [6, 6.07) is 10.4. The minimum atomic E-state index is -0.674. The fraction of sp³-hybridized carbons (Fsp3) is 0.0667. The molecule has 0 saturated carbocycles. The highest BCUT2D eigenvalue weighted by atomic mass is 19.1. The summed E-state index contributed by atoms with van der Waals surface area (Å²) in [5.41, 5.74) is 2.45. The number of nitrogens with zero attached hydrogens (tertiary/aromatic N) is 1. The van der Waals surface area contributed by atoms with Gasteiger partial charge in [-0.15, -0.1) is 0 Å². The summed E-state index contributed by atoms with van der Waals surface area (Å²) in [7, 11) is 1.43. The number of carbonyl (C=O) groups excluding carboxylic acids is 1. The van der Waals surface area contributed by atoms with Crippen LogP contribution in [0, 0.1) is 5.82 Å². The Hall–Kier alpha value is -2.89. The van der Waals surface area contributed by atoms with E-state index in [9.17, 15) is 14.3 Å². The van der Waals surface area contributed by atoms with E-state index in [1.54, 1.807) is 24.3 Å². The van der Waals surface area contributed by atoms with Crippen molar-refractivity contribution in [1.29, 1.82) is 0 Å². The number of ether oxygens (including phenoxy) is 1. The van der Waals surface area contributed by atoms with E-state index in [1.807, 2.05) is 0 Å². The summed E-state index contributed by atoms with van der Waals surface area (Å²) in [5.74, 6) is -1.11. The first-order valence-corrected chi connectivity index (χ1v) is 6.07. The van der Waals surface area contributed by atoms with Crippen molar-refractivity contribution in [2.75, 3.05) is 7.11 Å². The molecule has 2 N–H and O–H groups in total. The monoisotopic (exact) mass is 288 g/mol. The molecular formula is C15H13FN2O3. The number of rotatable bonds is 4. The first-order chi connectivity index (χ1) is 10.1. The lowest BCUT2D eigenvalue weighted by Gasteiger charge is -2.05. The zero-order valence-corrected chi connectivity index (χ0v) is 11.2. The normalized spacial score (nSPS) is 10.6. The van der Waals surface area contributed by atoms with Crippen molar-refractivity contribution in [2.45, 2.75) is 0 Å². The van der Waals surface area contributed by atoms with E-state index in [4.69, 9.17) is 4.74 Å². The SMILES string of the molecule is COc1cccc(/C=N/NC(=O)c2ccccc2F)c1O. The van der Waals surface area contributed by atoms with E-state index in [0.29, 0.717) is 11.3 Å². The second-order valence-corrected chi connectivity index (χ2v) is 4.08. The smallest absolute Gasteiger partial charge is 0.274 e. The van der Waals surface area contributed by atoms with E-state index in [2.05, 4.69) is 10.5 Å². The molecule has 108 valence electrons. The van der Waals surface area contributed by atoms with Gasteiger partial charge in [0.25, 0.3) is 5.91 Å². The number of nitrogens with one attached hydrogen (secondary N) is 1. The quantitative estimate of drug-likeness (QED) is 0.670. The first kappa shape index (κ1) is 14.5. The van der Waals surface area contributed by atoms with Gasteiger partial charge >= 0.3 is 0 Å². The van der Waals surface area contributed by atoms with Gasteiger partial charge < -0.3 is 9.84 Å². The summed E-state index contributed by atoms with van der Waals surface area (Å²) >= 11 is 0. The van der Waals surface area contributed by atoms with Gasteiger partial charge in [0.2, 0.25) is 0 Å². The van der Waals surface area contributed by atoms with Crippen molar-refractivity contribution in [3.63, 3.8) is 0 Å². The second kappa shape index (κ2) is 6.51. The van der Waals surface area contributed by atoms with Crippen LogP contribution in [-0.2, 0) is 0 Å². The van der Waals surface area contributed by atoms with Crippen LogP contribution in [0.3, 0.4) is 0 Å². The molecule has 2 aromatic rings. The lowest BCUT2D eigenvalue weighted by molar-refractivity contribution is 0.0951. The maximum absolute atomic E-state index is 13.4.